The fraction of sp³-hybridized carbons (Fsp3) is 0.0938. The lowest BCUT2D eigenvalue weighted by atomic mass is 10.2. The van der Waals surface area contributed by atoms with Crippen LogP contribution in [-0.2, 0) is 6.61 Å². The van der Waals surface area contributed by atoms with E-state index in [1.807, 2.05) is 24.3 Å². The minimum absolute atomic E-state index is 0.0501. The van der Waals surface area contributed by atoms with E-state index in [0.29, 0.717) is 31.0 Å². The fourth-order valence-electron chi connectivity index (χ4n) is 4.30. The molecule has 0 saturated heterocycles. The van der Waals surface area contributed by atoms with E-state index in [1.54, 1.807) is 18.2 Å². The van der Waals surface area contributed by atoms with Gasteiger partial charge in [0.15, 0.2) is 11.5 Å². The Bertz CT molecular complexity index is 1860. The lowest BCUT2D eigenvalue weighted by molar-refractivity contribution is 0.0733. The van der Waals surface area contributed by atoms with Gasteiger partial charge in [0.05, 0.1) is 21.3 Å². The zero-order chi connectivity index (χ0) is 31.4. The number of amides is 1. The maximum Gasteiger partial charge on any atom is 0.345 e. The molecule has 0 aliphatic heterocycles. The number of nitrogens with zero attached hydrogens (tertiary/aromatic N) is 2. The molecule has 0 fully saturated rings. The van der Waals surface area contributed by atoms with Crippen LogP contribution in [0.1, 0.15) is 43.6 Å². The Balaban J connectivity index is 1.20. The number of benzene rings is 3. The highest BCUT2D eigenvalue weighted by Gasteiger charge is 2.18. The van der Waals surface area contributed by atoms with Crippen molar-refractivity contribution in [3.8, 4) is 17.2 Å². The molecule has 0 atom stereocenters. The average Bonchev–Trinajstić information content (AvgIpc) is 3.59. The van der Waals surface area contributed by atoms with Gasteiger partial charge in [0, 0.05) is 32.1 Å². The van der Waals surface area contributed by atoms with Crippen LogP contribution >= 0.6 is 55.1 Å². The second-order valence-electron chi connectivity index (χ2n) is 9.52. The molecule has 44 heavy (non-hydrogen) atoms. The molecule has 0 spiro atoms. The van der Waals surface area contributed by atoms with Gasteiger partial charge in [-0.3, -0.25) is 4.79 Å². The summed E-state index contributed by atoms with van der Waals surface area (Å²) < 4.78 is 20.4. The van der Waals surface area contributed by atoms with Crippen LogP contribution in [0.2, 0.25) is 10.0 Å². The number of furan rings is 1. The first-order chi connectivity index (χ1) is 21.1. The third-order valence-corrected chi connectivity index (χ3v) is 7.98. The van der Waals surface area contributed by atoms with E-state index in [9.17, 15) is 9.59 Å². The van der Waals surface area contributed by atoms with Gasteiger partial charge in [-0.05, 0) is 109 Å². The number of aromatic nitrogens is 1. The second-order valence-corrected chi connectivity index (χ2v) is 12.1. The highest BCUT2D eigenvalue weighted by atomic mass is 79.9. The van der Waals surface area contributed by atoms with Crippen LogP contribution < -0.4 is 14.9 Å². The zero-order valence-corrected chi connectivity index (χ0v) is 27.9. The molecule has 5 aromatic rings. The number of hydrazone groups is 1. The number of halogens is 4. The summed E-state index contributed by atoms with van der Waals surface area (Å²) in [7, 11) is 0. The standard InChI is InChI=1S/C32H23Br2Cl2N3O5/c1-18-3-4-19(2)39(18)23-6-8-24(9-7-23)42-17-25-10-12-29(43-25)31(40)38-37-16-20-13-21(33)14-27(34)30(20)44-32(41)26-11-5-22(35)15-28(26)36/h3-16H,17H2,1-2H3,(H,38,40)/b37-16-. The molecular formula is C32H23Br2Cl2N3O5. The SMILES string of the molecule is Cc1ccc(C)n1-c1ccc(OCc2ccc(C(=O)N/N=C\c3cc(Br)cc(Br)c3OC(=O)c3ccc(Cl)cc3Cl)o2)cc1. The number of ether oxygens (including phenoxy) is 2. The summed E-state index contributed by atoms with van der Waals surface area (Å²) in [6, 6.07) is 22.9. The maximum atomic E-state index is 12.8. The number of hydrogen-bond donors (Lipinski definition) is 1. The number of carbonyl (C=O) groups is 2. The summed E-state index contributed by atoms with van der Waals surface area (Å²) in [5.41, 5.74) is 6.29. The third-order valence-electron chi connectivity index (χ3n) is 6.39. The Kier molecular flexibility index (Phi) is 9.95. The van der Waals surface area contributed by atoms with Gasteiger partial charge >= 0.3 is 11.9 Å². The van der Waals surface area contributed by atoms with E-state index in [4.69, 9.17) is 37.1 Å². The van der Waals surface area contributed by atoms with Crippen molar-refractivity contribution in [3.05, 3.63) is 132 Å². The summed E-state index contributed by atoms with van der Waals surface area (Å²) >= 11 is 18.9. The van der Waals surface area contributed by atoms with Crippen molar-refractivity contribution in [1.82, 2.24) is 9.99 Å². The zero-order valence-electron chi connectivity index (χ0n) is 23.2. The van der Waals surface area contributed by atoms with Gasteiger partial charge in [0.2, 0.25) is 0 Å². The topological polar surface area (TPSA) is 95.1 Å². The Morgan fingerprint density at radius 3 is 2.39 bits per heavy atom. The molecule has 5 rings (SSSR count). The van der Waals surface area contributed by atoms with E-state index in [2.05, 4.69) is 72.9 Å². The average molecular weight is 760 g/mol. The lowest BCUT2D eigenvalue weighted by Gasteiger charge is -2.11. The molecule has 0 bridgehead atoms. The number of aryl methyl sites for hydroxylation is 2. The molecule has 1 N–H and O–H groups in total. The van der Waals surface area contributed by atoms with Crippen molar-refractivity contribution in [1.29, 1.82) is 0 Å². The van der Waals surface area contributed by atoms with E-state index in [0.717, 1.165) is 17.1 Å². The van der Waals surface area contributed by atoms with Crippen LogP contribution in [0.25, 0.3) is 5.69 Å². The molecular weight excluding hydrogens is 737 g/mol. The third kappa shape index (κ3) is 7.44. The van der Waals surface area contributed by atoms with Gasteiger partial charge in [-0.2, -0.15) is 5.10 Å². The van der Waals surface area contributed by atoms with Crippen LogP contribution in [0.15, 0.2) is 97.3 Å². The quantitative estimate of drug-likeness (QED) is 0.0701. The number of esters is 1. The summed E-state index contributed by atoms with van der Waals surface area (Å²) in [4.78, 5) is 25.5. The monoisotopic (exact) mass is 757 g/mol. The summed E-state index contributed by atoms with van der Waals surface area (Å²) in [5, 5.41) is 4.56. The van der Waals surface area contributed by atoms with Gasteiger partial charge in [-0.15, -0.1) is 0 Å². The molecule has 224 valence electrons. The van der Waals surface area contributed by atoms with E-state index in [1.165, 1.54) is 30.5 Å². The second kappa shape index (κ2) is 13.9. The Hall–Kier alpha value is -3.83. The van der Waals surface area contributed by atoms with Crippen LogP contribution in [-0.4, -0.2) is 22.7 Å². The van der Waals surface area contributed by atoms with Crippen LogP contribution in [0, 0.1) is 13.8 Å². The van der Waals surface area contributed by atoms with Crippen molar-refractivity contribution in [2.75, 3.05) is 0 Å². The smallest absolute Gasteiger partial charge is 0.345 e. The molecule has 0 unspecified atom stereocenters. The Morgan fingerprint density at radius 1 is 0.955 bits per heavy atom. The van der Waals surface area contributed by atoms with Crippen LogP contribution in [0.4, 0.5) is 0 Å². The predicted molar refractivity (Wildman–Crippen MR) is 177 cm³/mol. The first-order valence-electron chi connectivity index (χ1n) is 13.1. The highest BCUT2D eigenvalue weighted by molar-refractivity contribution is 9.11. The van der Waals surface area contributed by atoms with Crippen LogP contribution in [0.5, 0.6) is 11.5 Å². The van der Waals surface area contributed by atoms with Crippen molar-refractivity contribution >= 4 is 73.2 Å². The molecule has 3 aromatic carbocycles. The van der Waals surface area contributed by atoms with Crippen molar-refractivity contribution in [3.63, 3.8) is 0 Å². The summed E-state index contributed by atoms with van der Waals surface area (Å²) in [6.07, 6.45) is 1.34. The molecule has 0 saturated carbocycles. The van der Waals surface area contributed by atoms with Gasteiger partial charge < -0.3 is 18.5 Å². The Morgan fingerprint density at radius 2 is 1.68 bits per heavy atom. The van der Waals surface area contributed by atoms with Gasteiger partial charge in [0.1, 0.15) is 18.1 Å². The molecule has 2 aromatic heterocycles. The fourth-order valence-corrected chi connectivity index (χ4v) is 6.13. The molecule has 0 aliphatic rings. The van der Waals surface area contributed by atoms with E-state index in [-0.39, 0.29) is 28.7 Å². The highest BCUT2D eigenvalue weighted by Crippen LogP contribution is 2.33. The number of carbonyl (C=O) groups excluding carboxylic acids is 2. The normalized spacial score (nSPS) is 11.1. The molecule has 1 amide bonds. The largest absolute Gasteiger partial charge is 0.486 e. The van der Waals surface area contributed by atoms with Crippen molar-refractivity contribution < 1.29 is 23.5 Å². The predicted octanol–water partition coefficient (Wildman–Crippen LogP) is 9.08. The molecule has 2 heterocycles. The van der Waals surface area contributed by atoms with E-state index >= 15 is 0 Å². The molecule has 0 aliphatic carbocycles. The molecule has 0 radical (unpaired) electrons. The van der Waals surface area contributed by atoms with Gasteiger partial charge in [-0.25, -0.2) is 10.2 Å². The Labute approximate surface area is 279 Å². The van der Waals surface area contributed by atoms with Crippen molar-refractivity contribution in [2.24, 2.45) is 5.10 Å². The van der Waals surface area contributed by atoms with E-state index < -0.39 is 11.9 Å². The first kappa shape index (κ1) is 31.6. The number of hydrogen-bond acceptors (Lipinski definition) is 6. The first-order valence-corrected chi connectivity index (χ1v) is 15.4. The molecule has 8 nitrogen and oxygen atoms in total. The summed E-state index contributed by atoms with van der Waals surface area (Å²) in [5.74, 6) is 0.0838. The number of rotatable bonds is 9. The minimum atomic E-state index is -0.694. The molecule has 12 heteroatoms. The minimum Gasteiger partial charge on any atom is -0.486 e. The van der Waals surface area contributed by atoms with Crippen LogP contribution in [0.3, 0.4) is 0 Å². The maximum absolute atomic E-state index is 12.8. The summed E-state index contributed by atoms with van der Waals surface area (Å²) in [6.45, 7) is 4.25. The van der Waals surface area contributed by atoms with Crippen molar-refractivity contribution in [2.45, 2.75) is 20.5 Å². The lowest BCUT2D eigenvalue weighted by Crippen LogP contribution is -2.17. The van der Waals surface area contributed by atoms with Gasteiger partial charge in [-0.1, -0.05) is 39.1 Å². The number of nitrogens with one attached hydrogen (secondary N) is 1. The van der Waals surface area contributed by atoms with Gasteiger partial charge in [0.25, 0.3) is 0 Å².